The highest BCUT2D eigenvalue weighted by atomic mass is 35.5. The van der Waals surface area contributed by atoms with Crippen LogP contribution in [0.2, 0.25) is 5.02 Å². The molecule has 1 aliphatic rings. The van der Waals surface area contributed by atoms with Crippen LogP contribution in [-0.4, -0.2) is 35.4 Å². The summed E-state index contributed by atoms with van der Waals surface area (Å²) >= 11 is 5.82. The lowest BCUT2D eigenvalue weighted by molar-refractivity contribution is -0.119. The molecule has 0 aromatic heterocycles. The number of amides is 2. The Morgan fingerprint density at radius 3 is 2.35 bits per heavy atom. The first-order valence-corrected chi connectivity index (χ1v) is 8.26. The molecule has 1 atom stereocenters. The van der Waals surface area contributed by atoms with Crippen LogP contribution in [0.25, 0.3) is 0 Å². The second-order valence-electron chi connectivity index (χ2n) is 5.92. The Kier molecular flexibility index (Phi) is 6.29. The monoisotopic (exact) mass is 377 g/mol. The maximum Gasteiger partial charge on any atom is 0.270 e. The van der Waals surface area contributed by atoms with Crippen LogP contribution in [0.1, 0.15) is 19.3 Å². The second-order valence-corrected chi connectivity index (χ2v) is 6.35. The number of anilines is 1. The van der Waals surface area contributed by atoms with Gasteiger partial charge < -0.3 is 22.5 Å². The van der Waals surface area contributed by atoms with E-state index in [-0.39, 0.29) is 11.8 Å². The minimum atomic E-state index is -0.998. The fourth-order valence-electron chi connectivity index (χ4n) is 2.14. The predicted octanol–water partition coefficient (Wildman–Crippen LogP) is 0.624. The zero-order chi connectivity index (χ0) is 19.3. The van der Waals surface area contributed by atoms with Gasteiger partial charge in [0.05, 0.1) is 0 Å². The number of benzene rings is 1. The molecule has 1 aromatic carbocycles. The number of primary amides is 2. The summed E-state index contributed by atoms with van der Waals surface area (Å²) in [5.74, 6) is -1.68. The lowest BCUT2D eigenvalue weighted by Gasteiger charge is -2.11. The number of nitrogens with zero attached hydrogens (tertiary/aromatic N) is 2. The molecule has 1 saturated carbocycles. The van der Waals surface area contributed by atoms with Crippen molar-refractivity contribution >= 4 is 46.6 Å². The average Bonchev–Trinajstić information content (AvgIpc) is 3.38. The Bertz CT molecular complexity index is 769. The molecule has 1 fully saturated rings. The summed E-state index contributed by atoms with van der Waals surface area (Å²) in [4.78, 5) is 30.8. The summed E-state index contributed by atoms with van der Waals surface area (Å²) in [5.41, 5.74) is 16.2. The third-order valence-corrected chi connectivity index (χ3v) is 3.94. The molecule has 0 unspecified atom stereocenters. The van der Waals surface area contributed by atoms with Crippen molar-refractivity contribution < 1.29 is 9.59 Å². The number of carbonyl (C=O) groups is 2. The first-order valence-electron chi connectivity index (χ1n) is 7.89. The maximum absolute atomic E-state index is 11.5. The van der Waals surface area contributed by atoms with E-state index < -0.39 is 23.6 Å². The van der Waals surface area contributed by atoms with Gasteiger partial charge in [-0.05, 0) is 36.6 Å². The van der Waals surface area contributed by atoms with Gasteiger partial charge in [0.15, 0.2) is 11.5 Å². The largest absolute Gasteiger partial charge is 0.368 e. The van der Waals surface area contributed by atoms with Crippen LogP contribution in [0, 0.1) is 11.3 Å². The zero-order valence-electron chi connectivity index (χ0n) is 13.9. The highest BCUT2D eigenvalue weighted by Gasteiger charge is 2.28. The topological polar surface area (TPSA) is 173 Å². The zero-order valence-corrected chi connectivity index (χ0v) is 14.7. The summed E-state index contributed by atoms with van der Waals surface area (Å²) in [6.45, 7) is 0. The predicted molar refractivity (Wildman–Crippen MR) is 101 cm³/mol. The molecule has 2 amide bonds. The minimum Gasteiger partial charge on any atom is -0.368 e. The smallest absolute Gasteiger partial charge is 0.270 e. The number of carbonyl (C=O) groups excluding carboxylic acids is 2. The van der Waals surface area contributed by atoms with Crippen molar-refractivity contribution in [3.8, 4) is 0 Å². The number of nitrogens with one attached hydrogen (secondary N) is 2. The quantitative estimate of drug-likeness (QED) is 0.346. The molecule has 0 radical (unpaired) electrons. The Labute approximate surface area is 155 Å². The Balaban J connectivity index is 2.25. The van der Waals surface area contributed by atoms with Gasteiger partial charge >= 0.3 is 0 Å². The van der Waals surface area contributed by atoms with Crippen LogP contribution in [0.4, 0.5) is 5.69 Å². The van der Waals surface area contributed by atoms with Crippen LogP contribution < -0.4 is 22.5 Å². The van der Waals surface area contributed by atoms with Crippen LogP contribution in [0.15, 0.2) is 34.3 Å². The Hall–Kier alpha value is -2.94. The van der Waals surface area contributed by atoms with Gasteiger partial charge in [0.2, 0.25) is 11.9 Å². The van der Waals surface area contributed by atoms with E-state index in [0.29, 0.717) is 23.0 Å². The highest BCUT2D eigenvalue weighted by molar-refractivity contribution is 6.67. The van der Waals surface area contributed by atoms with Crippen molar-refractivity contribution in [3.63, 3.8) is 0 Å². The maximum atomic E-state index is 11.5. The van der Waals surface area contributed by atoms with E-state index in [0.717, 1.165) is 12.8 Å². The SMILES string of the molecule is N=C(C(N)=O)/C(=N\C(N)=N[C@H](CC1CC1)C(N)=O)Nc1ccc(Cl)cc1. The van der Waals surface area contributed by atoms with Crippen LogP contribution >= 0.6 is 11.6 Å². The minimum absolute atomic E-state index is 0.198. The van der Waals surface area contributed by atoms with E-state index in [9.17, 15) is 9.59 Å². The summed E-state index contributed by atoms with van der Waals surface area (Å²) in [6.07, 6.45) is 2.55. The van der Waals surface area contributed by atoms with Crippen molar-refractivity contribution in [2.75, 3.05) is 5.32 Å². The highest BCUT2D eigenvalue weighted by Crippen LogP contribution is 2.34. The number of rotatable bonds is 7. The molecule has 1 aliphatic carbocycles. The first kappa shape index (κ1) is 19.4. The molecule has 138 valence electrons. The van der Waals surface area contributed by atoms with E-state index in [1.807, 2.05) is 0 Å². The van der Waals surface area contributed by atoms with E-state index in [1.54, 1.807) is 24.3 Å². The molecule has 1 aromatic rings. The fourth-order valence-corrected chi connectivity index (χ4v) is 2.26. The molecule has 0 bridgehead atoms. The van der Waals surface area contributed by atoms with Gasteiger partial charge in [0.25, 0.3) is 5.91 Å². The van der Waals surface area contributed by atoms with Crippen molar-refractivity contribution in [2.45, 2.75) is 25.3 Å². The average molecular weight is 378 g/mol. The molecule has 0 heterocycles. The molecular weight excluding hydrogens is 358 g/mol. The summed E-state index contributed by atoms with van der Waals surface area (Å²) in [7, 11) is 0. The van der Waals surface area contributed by atoms with E-state index >= 15 is 0 Å². The van der Waals surface area contributed by atoms with Gasteiger partial charge in [-0.2, -0.15) is 4.99 Å². The molecule has 26 heavy (non-hydrogen) atoms. The molecular formula is C16H20ClN7O2. The summed E-state index contributed by atoms with van der Waals surface area (Å²) < 4.78 is 0. The second kappa shape index (κ2) is 8.43. The number of hydrogen-bond acceptors (Lipinski definition) is 4. The van der Waals surface area contributed by atoms with Crippen molar-refractivity contribution in [1.29, 1.82) is 5.41 Å². The Morgan fingerprint density at radius 2 is 1.85 bits per heavy atom. The molecule has 9 nitrogen and oxygen atoms in total. The van der Waals surface area contributed by atoms with Gasteiger partial charge in [0, 0.05) is 10.7 Å². The van der Waals surface area contributed by atoms with Crippen molar-refractivity contribution in [1.82, 2.24) is 0 Å². The first-order chi connectivity index (χ1) is 12.3. The van der Waals surface area contributed by atoms with Crippen LogP contribution in [0.5, 0.6) is 0 Å². The summed E-state index contributed by atoms with van der Waals surface area (Å²) in [5, 5.41) is 11.1. The number of nitrogens with two attached hydrogens (primary N) is 3. The van der Waals surface area contributed by atoms with Crippen molar-refractivity contribution in [3.05, 3.63) is 29.3 Å². The number of amidine groups is 1. The third kappa shape index (κ3) is 5.85. The van der Waals surface area contributed by atoms with Crippen LogP contribution in [0.3, 0.4) is 0 Å². The lowest BCUT2D eigenvalue weighted by atomic mass is 10.1. The van der Waals surface area contributed by atoms with E-state index in [2.05, 4.69) is 15.3 Å². The Morgan fingerprint density at radius 1 is 1.23 bits per heavy atom. The van der Waals surface area contributed by atoms with Gasteiger partial charge in [-0.15, -0.1) is 0 Å². The standard InChI is InChI=1S/C16H20ClN7O2/c17-9-3-5-10(6-4-9)22-15(12(18)14(20)26)24-16(21)23-11(13(19)25)7-8-1-2-8/h3-6,8,11,18H,1-2,7H2,(H2,19,25)(H2,20,26)(H3,21,22,23,24)/t11-/m1/s1. The normalized spacial score (nSPS) is 16.0. The number of halogens is 1. The van der Waals surface area contributed by atoms with Crippen molar-refractivity contribution in [2.24, 2.45) is 33.1 Å². The third-order valence-electron chi connectivity index (χ3n) is 3.69. The summed E-state index contributed by atoms with van der Waals surface area (Å²) in [6, 6.07) is 5.68. The van der Waals surface area contributed by atoms with Crippen LogP contribution in [-0.2, 0) is 9.59 Å². The van der Waals surface area contributed by atoms with E-state index in [1.165, 1.54) is 0 Å². The number of guanidine groups is 1. The van der Waals surface area contributed by atoms with Gasteiger partial charge in [-0.25, -0.2) is 4.99 Å². The number of aliphatic imine (C=N–C) groups is 2. The van der Waals surface area contributed by atoms with Gasteiger partial charge in [-0.3, -0.25) is 15.0 Å². The molecule has 10 heteroatoms. The van der Waals surface area contributed by atoms with E-state index in [4.69, 9.17) is 34.2 Å². The molecule has 2 rings (SSSR count). The molecule has 0 saturated heterocycles. The lowest BCUT2D eigenvalue weighted by Crippen LogP contribution is -2.36. The molecule has 0 aliphatic heterocycles. The van der Waals surface area contributed by atoms with Gasteiger partial charge in [-0.1, -0.05) is 24.4 Å². The number of hydrogen-bond donors (Lipinski definition) is 5. The molecule has 0 spiro atoms. The fraction of sp³-hybridized carbons (Fsp3) is 0.312. The molecule has 8 N–H and O–H groups in total. The van der Waals surface area contributed by atoms with Gasteiger partial charge in [0.1, 0.15) is 6.04 Å².